The third kappa shape index (κ3) is 7.23. The highest BCUT2D eigenvalue weighted by molar-refractivity contribution is 7.13. The van der Waals surface area contributed by atoms with Crippen LogP contribution in [0.4, 0.5) is 0 Å². The summed E-state index contributed by atoms with van der Waals surface area (Å²) in [6.45, 7) is 6.97. The summed E-state index contributed by atoms with van der Waals surface area (Å²) in [4.78, 5) is 18.7. The molecule has 1 atom stereocenters. The second kappa shape index (κ2) is 11.5. The van der Waals surface area contributed by atoms with Crippen molar-refractivity contribution in [3.05, 3.63) is 40.9 Å². The van der Waals surface area contributed by atoms with Crippen LogP contribution in [-0.2, 0) is 11.2 Å². The van der Waals surface area contributed by atoms with Gasteiger partial charge in [-0.25, -0.2) is 4.98 Å². The van der Waals surface area contributed by atoms with Crippen molar-refractivity contribution in [3.8, 4) is 10.6 Å². The Morgan fingerprint density at radius 2 is 2.00 bits per heavy atom. The van der Waals surface area contributed by atoms with Gasteiger partial charge in [0, 0.05) is 30.6 Å². The number of halogens is 2. The van der Waals surface area contributed by atoms with Crippen LogP contribution in [0.1, 0.15) is 31.5 Å². The third-order valence-electron chi connectivity index (χ3n) is 4.23. The third-order valence-corrected chi connectivity index (χ3v) is 5.17. The van der Waals surface area contributed by atoms with Crippen molar-refractivity contribution in [2.75, 3.05) is 13.6 Å². The maximum absolute atomic E-state index is 12.3. The quantitative estimate of drug-likeness (QED) is 0.728. The average molecular weight is 418 g/mol. The molecule has 0 saturated heterocycles. The first-order valence-corrected chi connectivity index (χ1v) is 9.25. The molecule has 1 heterocycles. The van der Waals surface area contributed by atoms with E-state index in [2.05, 4.69) is 44.0 Å². The van der Waals surface area contributed by atoms with Crippen LogP contribution in [0.3, 0.4) is 0 Å². The lowest BCUT2D eigenvalue weighted by Crippen LogP contribution is -2.35. The summed E-state index contributed by atoms with van der Waals surface area (Å²) in [6.07, 6.45) is 1.17. The second-order valence-corrected chi connectivity index (χ2v) is 7.56. The van der Waals surface area contributed by atoms with Gasteiger partial charge in [-0.15, -0.1) is 36.2 Å². The fourth-order valence-electron chi connectivity index (χ4n) is 2.39. The number of rotatable bonds is 7. The topological polar surface area (TPSA) is 59.2 Å². The summed E-state index contributed by atoms with van der Waals surface area (Å²) in [6, 6.07) is 8.40. The summed E-state index contributed by atoms with van der Waals surface area (Å²) < 4.78 is 0. The number of hydrogen-bond donors (Lipinski definition) is 1. The van der Waals surface area contributed by atoms with E-state index in [1.165, 1.54) is 5.56 Å². The van der Waals surface area contributed by atoms with E-state index in [0.29, 0.717) is 18.9 Å². The fourth-order valence-corrected chi connectivity index (χ4v) is 3.21. The highest BCUT2D eigenvalue weighted by atomic mass is 35.5. The van der Waals surface area contributed by atoms with E-state index < -0.39 is 0 Å². The maximum Gasteiger partial charge on any atom is 0.228 e. The number of aryl methyl sites for hydroxylation is 1. The molecule has 0 aliphatic heterocycles. The molecule has 0 aliphatic rings. The van der Waals surface area contributed by atoms with E-state index in [1.54, 1.807) is 16.2 Å². The number of hydrogen-bond acceptors (Lipinski definition) is 4. The Bertz CT molecular complexity index is 691. The van der Waals surface area contributed by atoms with Crippen LogP contribution in [0.15, 0.2) is 29.6 Å². The molecule has 2 aromatic rings. The normalized spacial score (nSPS) is 11.5. The number of carbonyl (C=O) groups excluding carboxylic acids is 1. The van der Waals surface area contributed by atoms with Crippen LogP contribution in [0.2, 0.25) is 0 Å². The SMILES string of the molecule is Cc1cccc(-c2nc(CC(=O)N(C)CCC(N)C(C)C)cs2)c1.Cl.Cl. The number of nitrogens with two attached hydrogens (primary N) is 1. The van der Waals surface area contributed by atoms with Gasteiger partial charge in [-0.05, 0) is 25.3 Å². The standard InChI is InChI=1S/C19H27N3OS.2ClH/c1-13(2)17(20)8-9-22(4)18(23)11-16-12-24-19(21-16)15-7-5-6-14(3)10-15;;/h5-7,10,12-13,17H,8-9,11,20H2,1-4H3;2*1H. The fraction of sp³-hybridized carbons (Fsp3) is 0.474. The van der Waals surface area contributed by atoms with Gasteiger partial charge >= 0.3 is 0 Å². The Morgan fingerprint density at radius 1 is 1.31 bits per heavy atom. The minimum Gasteiger partial charge on any atom is -0.345 e. The lowest BCUT2D eigenvalue weighted by atomic mass is 10.0. The molecular weight excluding hydrogens is 389 g/mol. The van der Waals surface area contributed by atoms with Crippen LogP contribution in [0.25, 0.3) is 10.6 Å². The minimum atomic E-state index is 0. The van der Waals surface area contributed by atoms with Crippen molar-refractivity contribution < 1.29 is 4.79 Å². The Balaban J connectivity index is 0.00000312. The molecule has 2 N–H and O–H groups in total. The summed E-state index contributed by atoms with van der Waals surface area (Å²) >= 11 is 1.59. The lowest BCUT2D eigenvalue weighted by Gasteiger charge is -2.21. The van der Waals surface area contributed by atoms with Gasteiger partial charge in [0.05, 0.1) is 12.1 Å². The zero-order valence-electron chi connectivity index (χ0n) is 15.8. The first kappa shape index (κ1) is 24.9. The lowest BCUT2D eigenvalue weighted by molar-refractivity contribution is -0.129. The monoisotopic (exact) mass is 417 g/mol. The van der Waals surface area contributed by atoms with Gasteiger partial charge in [-0.2, -0.15) is 0 Å². The van der Waals surface area contributed by atoms with E-state index in [9.17, 15) is 4.79 Å². The van der Waals surface area contributed by atoms with Gasteiger partial charge in [0.15, 0.2) is 0 Å². The number of nitrogens with zero attached hydrogens (tertiary/aromatic N) is 2. The number of aromatic nitrogens is 1. The van der Waals surface area contributed by atoms with Crippen LogP contribution in [0, 0.1) is 12.8 Å². The largest absolute Gasteiger partial charge is 0.345 e. The van der Waals surface area contributed by atoms with E-state index in [4.69, 9.17) is 5.73 Å². The van der Waals surface area contributed by atoms with E-state index in [0.717, 1.165) is 22.7 Å². The molecule has 7 heteroatoms. The Morgan fingerprint density at radius 3 is 2.62 bits per heavy atom. The highest BCUT2D eigenvalue weighted by Crippen LogP contribution is 2.24. The smallest absolute Gasteiger partial charge is 0.228 e. The number of thiazole rings is 1. The molecule has 1 unspecified atom stereocenters. The van der Waals surface area contributed by atoms with Crippen molar-refractivity contribution in [1.29, 1.82) is 0 Å². The molecule has 0 radical (unpaired) electrons. The number of amides is 1. The molecule has 1 aromatic carbocycles. The Kier molecular flexibility index (Phi) is 11.0. The summed E-state index contributed by atoms with van der Waals surface area (Å²) in [7, 11) is 1.84. The van der Waals surface area contributed by atoms with Crippen LogP contribution < -0.4 is 5.73 Å². The molecule has 0 saturated carbocycles. The van der Waals surface area contributed by atoms with Crippen molar-refractivity contribution in [2.45, 2.75) is 39.7 Å². The molecule has 4 nitrogen and oxygen atoms in total. The zero-order chi connectivity index (χ0) is 17.7. The Hall–Kier alpha value is -1.14. The maximum atomic E-state index is 12.3. The average Bonchev–Trinajstić information content (AvgIpc) is 3.00. The van der Waals surface area contributed by atoms with Crippen LogP contribution >= 0.6 is 36.2 Å². The van der Waals surface area contributed by atoms with Crippen molar-refractivity contribution in [2.24, 2.45) is 11.7 Å². The van der Waals surface area contributed by atoms with Crippen LogP contribution in [-0.4, -0.2) is 35.4 Å². The molecule has 1 amide bonds. The highest BCUT2D eigenvalue weighted by Gasteiger charge is 2.15. The van der Waals surface area contributed by atoms with Crippen LogP contribution in [0.5, 0.6) is 0 Å². The predicted molar refractivity (Wildman–Crippen MR) is 116 cm³/mol. The Labute approximate surface area is 173 Å². The van der Waals surface area contributed by atoms with Gasteiger partial charge in [-0.1, -0.05) is 37.6 Å². The second-order valence-electron chi connectivity index (χ2n) is 6.70. The number of benzene rings is 1. The molecule has 146 valence electrons. The molecule has 26 heavy (non-hydrogen) atoms. The molecule has 0 fully saturated rings. The molecule has 1 aromatic heterocycles. The first-order valence-electron chi connectivity index (χ1n) is 8.37. The van der Waals surface area contributed by atoms with E-state index in [1.807, 2.05) is 18.5 Å². The van der Waals surface area contributed by atoms with Crippen molar-refractivity contribution in [1.82, 2.24) is 9.88 Å². The van der Waals surface area contributed by atoms with E-state index in [-0.39, 0.29) is 36.8 Å². The number of carbonyl (C=O) groups is 1. The number of likely N-dealkylation sites (N-methyl/N-ethyl adjacent to an activating group) is 1. The van der Waals surface area contributed by atoms with Crippen molar-refractivity contribution in [3.63, 3.8) is 0 Å². The molecule has 2 rings (SSSR count). The summed E-state index contributed by atoms with van der Waals surface area (Å²) in [5.74, 6) is 0.524. The molecule has 0 spiro atoms. The molecule has 0 bridgehead atoms. The summed E-state index contributed by atoms with van der Waals surface area (Å²) in [5.41, 5.74) is 9.20. The zero-order valence-corrected chi connectivity index (χ0v) is 18.2. The minimum absolute atomic E-state index is 0. The van der Waals surface area contributed by atoms with Gasteiger partial charge in [-0.3, -0.25) is 4.79 Å². The van der Waals surface area contributed by atoms with Crippen molar-refractivity contribution >= 4 is 42.1 Å². The van der Waals surface area contributed by atoms with Gasteiger partial charge in [0.25, 0.3) is 0 Å². The van der Waals surface area contributed by atoms with Gasteiger partial charge in [0.2, 0.25) is 5.91 Å². The molecule has 0 aliphatic carbocycles. The van der Waals surface area contributed by atoms with Gasteiger partial charge < -0.3 is 10.6 Å². The first-order chi connectivity index (χ1) is 11.4. The van der Waals surface area contributed by atoms with E-state index >= 15 is 0 Å². The predicted octanol–water partition coefficient (Wildman–Crippen LogP) is 4.34. The van der Waals surface area contributed by atoms with Gasteiger partial charge in [0.1, 0.15) is 5.01 Å². The summed E-state index contributed by atoms with van der Waals surface area (Å²) in [5, 5.41) is 2.94. The molecular formula is C19H29Cl2N3OS.